The molecule has 0 saturated carbocycles. The number of pyridine rings is 1. The van der Waals surface area contributed by atoms with Crippen molar-refractivity contribution < 1.29 is 42.6 Å². The van der Waals surface area contributed by atoms with Gasteiger partial charge in [0.25, 0.3) is 0 Å². The molecule has 1 aromatic rings. The van der Waals surface area contributed by atoms with Crippen LogP contribution in [0.3, 0.4) is 0 Å². The van der Waals surface area contributed by atoms with E-state index in [0.717, 1.165) is 17.8 Å². The van der Waals surface area contributed by atoms with Crippen molar-refractivity contribution in [3.8, 4) is 0 Å². The van der Waals surface area contributed by atoms with Crippen LogP contribution in [0.15, 0.2) is 18.3 Å². The van der Waals surface area contributed by atoms with Crippen molar-refractivity contribution in [2.45, 2.75) is 33.7 Å². The SMILES string of the molecule is CCC.Cc1ccc(CN[CH-]C(=O)O)nc1.[CH3-].[Y]. The maximum atomic E-state index is 10.1. The van der Waals surface area contributed by atoms with Crippen LogP contribution >= 0.6 is 0 Å². The van der Waals surface area contributed by atoms with Crippen LogP contribution in [0.25, 0.3) is 0 Å². The Bertz CT molecular complexity index is 302. The van der Waals surface area contributed by atoms with Crippen LogP contribution in [0.2, 0.25) is 0 Å². The minimum atomic E-state index is -0.980. The van der Waals surface area contributed by atoms with Crippen molar-refractivity contribution in [2.24, 2.45) is 0 Å². The molecule has 0 saturated heterocycles. The summed E-state index contributed by atoms with van der Waals surface area (Å²) < 4.78 is 0. The number of aliphatic carboxylic acids is 1. The number of nitrogens with one attached hydrogen (secondary N) is 1. The van der Waals surface area contributed by atoms with Gasteiger partial charge in [0.15, 0.2) is 5.97 Å². The third kappa shape index (κ3) is 13.6. The first-order valence-corrected chi connectivity index (χ1v) is 5.31. The predicted octanol–water partition coefficient (Wildman–Crippen LogP) is 2.59. The summed E-state index contributed by atoms with van der Waals surface area (Å²) in [6.45, 7) is 7.64. The van der Waals surface area contributed by atoms with Crippen molar-refractivity contribution in [1.82, 2.24) is 10.3 Å². The van der Waals surface area contributed by atoms with Crippen LogP contribution in [0.5, 0.6) is 0 Å². The zero-order valence-electron chi connectivity index (χ0n) is 11.6. The quantitative estimate of drug-likeness (QED) is 0.835. The van der Waals surface area contributed by atoms with Crippen LogP contribution in [-0.2, 0) is 44.0 Å². The number of nitrogens with zero attached hydrogens (tertiary/aromatic N) is 1. The molecule has 1 rings (SSSR count). The Morgan fingerprint density at radius 2 is 2.00 bits per heavy atom. The van der Waals surface area contributed by atoms with Gasteiger partial charge in [-0.15, -0.1) is 0 Å². The Balaban J connectivity index is -0.000000410. The standard InChI is InChI=1S/C9H11N2O2.C3H8.CH3.Y/c1-7-2-3-8(11-4-7)5-10-6-9(12)13;1-3-2;;/h2-4,6,10H,5H2,1H3,(H,12,13);3H2,1-2H3;1H3;/q-1;;-1;. The molecule has 5 heteroatoms. The molecule has 1 radical (unpaired) electrons. The fourth-order valence-electron chi connectivity index (χ4n) is 0.846. The minimum Gasteiger partial charge on any atom is -0.502 e. The van der Waals surface area contributed by atoms with Gasteiger partial charge in [0, 0.05) is 45.5 Å². The third-order valence-corrected chi connectivity index (χ3v) is 1.48. The number of carboxylic acids is 1. The molecule has 1 aromatic heterocycles. The van der Waals surface area contributed by atoms with Crippen LogP contribution in [-0.4, -0.2) is 16.1 Å². The normalized spacial score (nSPS) is 7.94. The molecule has 0 atom stereocenters. The zero-order valence-corrected chi connectivity index (χ0v) is 14.4. The third-order valence-electron chi connectivity index (χ3n) is 1.48. The van der Waals surface area contributed by atoms with Gasteiger partial charge in [-0.1, -0.05) is 26.3 Å². The van der Waals surface area contributed by atoms with Crippen molar-refractivity contribution in [2.75, 3.05) is 0 Å². The van der Waals surface area contributed by atoms with Crippen LogP contribution in [0.1, 0.15) is 31.5 Å². The van der Waals surface area contributed by atoms with Gasteiger partial charge < -0.3 is 17.8 Å². The number of rotatable bonds is 4. The summed E-state index contributed by atoms with van der Waals surface area (Å²) in [5.74, 6) is -0.980. The molecule has 4 nitrogen and oxygen atoms in total. The van der Waals surface area contributed by atoms with Crippen LogP contribution in [0, 0.1) is 20.9 Å². The van der Waals surface area contributed by atoms with E-state index in [0.29, 0.717) is 6.54 Å². The summed E-state index contributed by atoms with van der Waals surface area (Å²) in [7, 11) is 0. The average molecular weight is 327 g/mol. The second-order valence-electron chi connectivity index (χ2n) is 3.40. The zero-order chi connectivity index (χ0) is 12.4. The molecular formula is C13H22N2O2Y-2. The van der Waals surface area contributed by atoms with Crippen LogP contribution < -0.4 is 5.32 Å². The van der Waals surface area contributed by atoms with Crippen molar-refractivity contribution >= 4 is 5.97 Å². The molecule has 0 spiro atoms. The molecule has 101 valence electrons. The summed E-state index contributed by atoms with van der Waals surface area (Å²) in [6.07, 6.45) is 3.00. The fraction of sp³-hybridized carbons (Fsp3) is 0.385. The van der Waals surface area contributed by atoms with Gasteiger partial charge in [0.1, 0.15) is 0 Å². The Hall–Kier alpha value is -0.446. The van der Waals surface area contributed by atoms with Gasteiger partial charge in [0.05, 0.1) is 5.69 Å². The largest absolute Gasteiger partial charge is 0.502 e. The van der Waals surface area contributed by atoms with Gasteiger partial charge >= 0.3 is 0 Å². The van der Waals surface area contributed by atoms with E-state index in [4.69, 9.17) is 5.11 Å². The molecule has 0 aliphatic rings. The summed E-state index contributed by atoms with van der Waals surface area (Å²) >= 11 is 0. The number of carboxylic acid groups (broad SMARTS) is 1. The van der Waals surface area contributed by atoms with Gasteiger partial charge in [-0.3, -0.25) is 9.78 Å². The molecule has 0 amide bonds. The Labute approximate surface area is 135 Å². The van der Waals surface area contributed by atoms with E-state index in [1.54, 1.807) is 6.20 Å². The first kappa shape index (κ1) is 22.7. The number of aryl methyl sites for hydroxylation is 1. The van der Waals surface area contributed by atoms with E-state index >= 15 is 0 Å². The molecule has 18 heavy (non-hydrogen) atoms. The fourth-order valence-corrected chi connectivity index (χ4v) is 0.846. The smallest absolute Gasteiger partial charge is 0.177 e. The van der Waals surface area contributed by atoms with E-state index < -0.39 is 5.97 Å². The topological polar surface area (TPSA) is 62.2 Å². The van der Waals surface area contributed by atoms with E-state index in [2.05, 4.69) is 24.1 Å². The predicted molar refractivity (Wildman–Crippen MR) is 70.1 cm³/mol. The Morgan fingerprint density at radius 3 is 2.39 bits per heavy atom. The van der Waals surface area contributed by atoms with Crippen molar-refractivity contribution in [3.05, 3.63) is 43.6 Å². The maximum Gasteiger partial charge on any atom is 0.177 e. The Morgan fingerprint density at radius 1 is 1.44 bits per heavy atom. The average Bonchev–Trinajstić information content (AvgIpc) is 2.22. The summed E-state index contributed by atoms with van der Waals surface area (Å²) in [5.41, 5.74) is 1.91. The van der Waals surface area contributed by atoms with Crippen molar-refractivity contribution in [1.29, 1.82) is 0 Å². The monoisotopic (exact) mass is 327 g/mol. The van der Waals surface area contributed by atoms with E-state index in [-0.39, 0.29) is 40.1 Å². The first-order chi connectivity index (χ1) is 7.60. The van der Waals surface area contributed by atoms with E-state index in [9.17, 15) is 4.79 Å². The second-order valence-corrected chi connectivity index (χ2v) is 3.40. The molecule has 0 unspecified atom stereocenters. The number of aromatic nitrogens is 1. The first-order valence-electron chi connectivity index (χ1n) is 5.31. The molecule has 0 aliphatic carbocycles. The number of hydrogen-bond acceptors (Lipinski definition) is 3. The van der Waals surface area contributed by atoms with Crippen molar-refractivity contribution in [3.63, 3.8) is 0 Å². The molecule has 0 fully saturated rings. The minimum absolute atomic E-state index is 0. The molecule has 2 N–H and O–H groups in total. The van der Waals surface area contributed by atoms with E-state index in [1.807, 2.05) is 19.1 Å². The summed E-state index contributed by atoms with van der Waals surface area (Å²) in [6, 6.07) is 3.79. The van der Waals surface area contributed by atoms with E-state index in [1.165, 1.54) is 6.42 Å². The molecule has 0 aliphatic heterocycles. The molecule has 0 aromatic carbocycles. The summed E-state index contributed by atoms with van der Waals surface area (Å²) in [4.78, 5) is 14.2. The van der Waals surface area contributed by atoms with Gasteiger partial charge in [-0.25, -0.2) is 6.54 Å². The van der Waals surface area contributed by atoms with Gasteiger partial charge in [-0.2, -0.15) is 0 Å². The number of hydrogen-bond donors (Lipinski definition) is 2. The van der Waals surface area contributed by atoms with Gasteiger partial charge in [0.2, 0.25) is 0 Å². The summed E-state index contributed by atoms with van der Waals surface area (Å²) in [5, 5.41) is 10.9. The maximum absolute atomic E-state index is 10.1. The van der Waals surface area contributed by atoms with Crippen LogP contribution in [0.4, 0.5) is 0 Å². The Kier molecular flexibility index (Phi) is 18.4. The van der Waals surface area contributed by atoms with Gasteiger partial charge in [-0.05, 0) is 18.6 Å². The molecule has 0 bridgehead atoms. The molecular weight excluding hydrogens is 305 g/mol. The molecule has 1 heterocycles. The number of carbonyl (C=O) groups is 1. The second kappa shape index (κ2) is 14.6.